The van der Waals surface area contributed by atoms with Crippen LogP contribution in [-0.2, 0) is 4.79 Å². The highest BCUT2D eigenvalue weighted by Crippen LogP contribution is 2.34. The summed E-state index contributed by atoms with van der Waals surface area (Å²) in [6, 6.07) is 16.8. The Bertz CT molecular complexity index is 1040. The topological polar surface area (TPSA) is 83.0 Å². The average molecular weight is 442 g/mol. The van der Waals surface area contributed by atoms with Gasteiger partial charge in [0.25, 0.3) is 5.91 Å². The largest absolute Gasteiger partial charge is 0.503 e. The van der Waals surface area contributed by atoms with E-state index in [1.807, 2.05) is 42.5 Å². The van der Waals surface area contributed by atoms with Crippen LogP contribution in [-0.4, -0.2) is 30.4 Å². The Balaban J connectivity index is 1.62. The van der Waals surface area contributed by atoms with Crippen LogP contribution in [0.3, 0.4) is 0 Å². The van der Waals surface area contributed by atoms with E-state index < -0.39 is 6.04 Å². The van der Waals surface area contributed by atoms with Gasteiger partial charge in [-0.05, 0) is 63.5 Å². The minimum Gasteiger partial charge on any atom is -0.503 e. The fourth-order valence-electron chi connectivity index (χ4n) is 2.69. The Labute approximate surface area is 171 Å². The first-order chi connectivity index (χ1) is 13.5. The number of rotatable bonds is 6. The molecule has 0 aliphatic rings. The molecule has 3 N–H and O–H groups in total. The number of hydrogen-bond donors (Lipinski definition) is 3. The van der Waals surface area contributed by atoms with Gasteiger partial charge in [0.2, 0.25) is 0 Å². The number of carbonyl (C=O) groups excluding carboxylic acids is 1. The molecular formula is C21H20BrN3O3. The summed E-state index contributed by atoms with van der Waals surface area (Å²) in [5, 5.41) is 19.2. The van der Waals surface area contributed by atoms with Crippen LogP contribution in [0.4, 0.5) is 5.69 Å². The van der Waals surface area contributed by atoms with E-state index in [1.54, 1.807) is 19.1 Å². The first-order valence-corrected chi connectivity index (χ1v) is 9.42. The van der Waals surface area contributed by atoms with Gasteiger partial charge in [0.05, 0.1) is 17.8 Å². The number of ether oxygens (including phenoxy) is 1. The summed E-state index contributed by atoms with van der Waals surface area (Å²) in [4.78, 5) is 12.3. The molecule has 0 saturated carbocycles. The van der Waals surface area contributed by atoms with Crippen molar-refractivity contribution in [1.29, 1.82) is 0 Å². The number of carbonyl (C=O) groups is 1. The molecule has 0 aliphatic carbocycles. The van der Waals surface area contributed by atoms with Gasteiger partial charge in [0.1, 0.15) is 6.04 Å². The lowest BCUT2D eigenvalue weighted by Crippen LogP contribution is -2.34. The predicted octanol–water partition coefficient (Wildman–Crippen LogP) is 4.27. The third-order valence-electron chi connectivity index (χ3n) is 4.18. The Morgan fingerprint density at radius 2 is 1.93 bits per heavy atom. The summed E-state index contributed by atoms with van der Waals surface area (Å²) in [5.41, 5.74) is 4.03. The van der Waals surface area contributed by atoms with Crippen molar-refractivity contribution in [3.63, 3.8) is 0 Å². The predicted molar refractivity (Wildman–Crippen MR) is 115 cm³/mol. The molecule has 0 heterocycles. The SMILES string of the molecule is COc1cc(/C=N/NC(=O)[C@H](C)Nc2ccc3ccccc3c2)cc(Br)c1O. The highest BCUT2D eigenvalue weighted by Gasteiger charge is 2.12. The number of nitrogens with zero attached hydrogens (tertiary/aromatic N) is 1. The second-order valence-electron chi connectivity index (χ2n) is 6.22. The van der Waals surface area contributed by atoms with Gasteiger partial charge in [0, 0.05) is 5.69 Å². The van der Waals surface area contributed by atoms with E-state index in [0.717, 1.165) is 16.5 Å². The molecule has 0 saturated heterocycles. The lowest BCUT2D eigenvalue weighted by atomic mass is 10.1. The van der Waals surface area contributed by atoms with Crippen molar-refractivity contribution >= 4 is 44.5 Å². The molecule has 6 nitrogen and oxygen atoms in total. The molecule has 0 aliphatic heterocycles. The number of fused-ring (bicyclic) bond motifs is 1. The monoisotopic (exact) mass is 441 g/mol. The van der Waals surface area contributed by atoms with Gasteiger partial charge < -0.3 is 15.2 Å². The molecule has 144 valence electrons. The number of phenols is 1. The van der Waals surface area contributed by atoms with Gasteiger partial charge in [0.15, 0.2) is 11.5 Å². The number of aromatic hydroxyl groups is 1. The van der Waals surface area contributed by atoms with E-state index >= 15 is 0 Å². The van der Waals surface area contributed by atoms with E-state index in [9.17, 15) is 9.90 Å². The zero-order chi connectivity index (χ0) is 20.1. The highest BCUT2D eigenvalue weighted by molar-refractivity contribution is 9.10. The van der Waals surface area contributed by atoms with Gasteiger partial charge >= 0.3 is 0 Å². The molecule has 3 aromatic carbocycles. The third-order valence-corrected chi connectivity index (χ3v) is 4.79. The third kappa shape index (κ3) is 4.61. The van der Waals surface area contributed by atoms with Crippen molar-refractivity contribution in [1.82, 2.24) is 5.43 Å². The van der Waals surface area contributed by atoms with Crippen LogP contribution < -0.4 is 15.5 Å². The van der Waals surface area contributed by atoms with E-state index in [4.69, 9.17) is 4.74 Å². The zero-order valence-electron chi connectivity index (χ0n) is 15.4. The number of anilines is 1. The van der Waals surface area contributed by atoms with Crippen LogP contribution in [0, 0.1) is 0 Å². The molecule has 0 spiro atoms. The lowest BCUT2D eigenvalue weighted by molar-refractivity contribution is -0.121. The number of nitrogens with one attached hydrogen (secondary N) is 2. The van der Waals surface area contributed by atoms with Gasteiger partial charge in [-0.25, -0.2) is 5.43 Å². The molecule has 0 fully saturated rings. The van der Waals surface area contributed by atoms with Gasteiger partial charge in [-0.2, -0.15) is 5.10 Å². The maximum atomic E-state index is 12.3. The van der Waals surface area contributed by atoms with Crippen LogP contribution >= 0.6 is 15.9 Å². The molecule has 7 heteroatoms. The van der Waals surface area contributed by atoms with E-state index in [0.29, 0.717) is 15.8 Å². The standard InChI is InChI=1S/C21H20BrN3O3/c1-13(24-17-8-7-15-5-3-4-6-16(15)11-17)21(27)25-23-12-14-9-18(22)20(26)19(10-14)28-2/h3-13,24,26H,1-2H3,(H,25,27)/b23-12+/t13-/m0/s1. The summed E-state index contributed by atoms with van der Waals surface area (Å²) in [6.07, 6.45) is 1.48. The second kappa shape index (κ2) is 8.75. The molecule has 3 aromatic rings. The van der Waals surface area contributed by atoms with Gasteiger partial charge in [-0.3, -0.25) is 4.79 Å². The fourth-order valence-corrected chi connectivity index (χ4v) is 3.15. The molecule has 3 rings (SSSR count). The maximum Gasteiger partial charge on any atom is 0.262 e. The Hall–Kier alpha value is -3.06. The van der Waals surface area contributed by atoms with Crippen LogP contribution in [0.1, 0.15) is 12.5 Å². The number of benzene rings is 3. The van der Waals surface area contributed by atoms with Gasteiger partial charge in [-0.1, -0.05) is 30.3 Å². The van der Waals surface area contributed by atoms with Crippen LogP contribution in [0.25, 0.3) is 10.8 Å². The average Bonchev–Trinajstić information content (AvgIpc) is 2.70. The number of amides is 1. The van der Waals surface area contributed by atoms with E-state index in [-0.39, 0.29) is 11.7 Å². The van der Waals surface area contributed by atoms with Crippen molar-refractivity contribution in [2.45, 2.75) is 13.0 Å². The summed E-state index contributed by atoms with van der Waals surface area (Å²) in [7, 11) is 1.46. The number of halogens is 1. The molecule has 0 unspecified atom stereocenters. The fraction of sp³-hybridized carbons (Fsp3) is 0.143. The highest BCUT2D eigenvalue weighted by atomic mass is 79.9. The van der Waals surface area contributed by atoms with Crippen LogP contribution in [0.5, 0.6) is 11.5 Å². The van der Waals surface area contributed by atoms with Gasteiger partial charge in [-0.15, -0.1) is 0 Å². The van der Waals surface area contributed by atoms with Crippen LogP contribution in [0.15, 0.2) is 64.2 Å². The molecule has 28 heavy (non-hydrogen) atoms. The Kier molecular flexibility index (Phi) is 6.16. The molecule has 1 atom stereocenters. The zero-order valence-corrected chi connectivity index (χ0v) is 17.0. The van der Waals surface area contributed by atoms with Crippen LogP contribution in [0.2, 0.25) is 0 Å². The van der Waals surface area contributed by atoms with Crippen molar-refractivity contribution in [3.05, 3.63) is 64.6 Å². The number of hydrazone groups is 1. The molecule has 0 bridgehead atoms. The Morgan fingerprint density at radius 1 is 1.18 bits per heavy atom. The van der Waals surface area contributed by atoms with E-state index in [1.165, 1.54) is 13.3 Å². The molecule has 0 radical (unpaired) electrons. The van der Waals surface area contributed by atoms with Crippen molar-refractivity contribution in [2.75, 3.05) is 12.4 Å². The number of phenolic OH excluding ortho intramolecular Hbond substituents is 1. The number of methoxy groups -OCH3 is 1. The maximum absolute atomic E-state index is 12.3. The smallest absolute Gasteiger partial charge is 0.262 e. The minimum absolute atomic E-state index is 0.0110. The van der Waals surface area contributed by atoms with Crippen molar-refractivity contribution in [3.8, 4) is 11.5 Å². The summed E-state index contributed by atoms with van der Waals surface area (Å²) >= 11 is 3.25. The molecule has 1 amide bonds. The van der Waals surface area contributed by atoms with Crippen molar-refractivity contribution < 1.29 is 14.6 Å². The normalized spacial score (nSPS) is 12.1. The quantitative estimate of drug-likeness (QED) is 0.394. The van der Waals surface area contributed by atoms with Crippen molar-refractivity contribution in [2.24, 2.45) is 5.10 Å². The first kappa shape index (κ1) is 19.7. The first-order valence-electron chi connectivity index (χ1n) is 8.62. The van der Waals surface area contributed by atoms with E-state index in [2.05, 4.69) is 31.8 Å². The molecule has 0 aromatic heterocycles. The molecular weight excluding hydrogens is 422 g/mol. The lowest BCUT2D eigenvalue weighted by Gasteiger charge is -2.14. The Morgan fingerprint density at radius 3 is 2.68 bits per heavy atom. The summed E-state index contributed by atoms with van der Waals surface area (Å²) in [6.45, 7) is 1.76. The second-order valence-corrected chi connectivity index (χ2v) is 7.07. The minimum atomic E-state index is -0.473. The number of hydrogen-bond acceptors (Lipinski definition) is 5. The summed E-state index contributed by atoms with van der Waals surface area (Å²) < 4.78 is 5.57. The summed E-state index contributed by atoms with van der Waals surface area (Å²) in [5.74, 6) is 0.0552.